The maximum atomic E-state index is 10.5. The Labute approximate surface area is 69.6 Å². The van der Waals surface area contributed by atoms with Gasteiger partial charge >= 0.3 is 6.09 Å². The number of carbonyl (C=O) groups excluding carboxylic acids is 1. The van der Waals surface area contributed by atoms with E-state index < -0.39 is 6.09 Å². The van der Waals surface area contributed by atoms with Gasteiger partial charge in [0.1, 0.15) is 0 Å². The second-order valence-corrected chi connectivity index (χ2v) is 2.72. The summed E-state index contributed by atoms with van der Waals surface area (Å²) in [5.74, 6) is 0. The van der Waals surface area contributed by atoms with Crippen LogP contribution in [-0.4, -0.2) is 38.2 Å². The lowest BCUT2D eigenvalue weighted by molar-refractivity contribution is 0.207. The molecule has 0 heterocycles. The number of nitrogens with zero attached hydrogens (tertiary/aromatic N) is 1. The molecule has 1 atom stereocenters. The van der Waals surface area contributed by atoms with Crippen LogP contribution in [0.3, 0.4) is 0 Å². The highest BCUT2D eigenvalue weighted by molar-refractivity contribution is 7.10. The first kappa shape index (κ1) is 10.7. The summed E-state index contributed by atoms with van der Waals surface area (Å²) < 4.78 is 4.31. The molecule has 0 rings (SSSR count). The summed E-state index contributed by atoms with van der Waals surface area (Å²) in [6, 6.07) is 0. The van der Waals surface area contributed by atoms with Crippen LogP contribution in [0.25, 0.3) is 0 Å². The second kappa shape index (κ2) is 6.38. The standard InChI is InChI=1S/C6H15N2O2P/c1-8(2)5-3-4-7-6(9)10-11/h3-5,11H2,1-2H3,(H,7,9). The molecule has 0 saturated carbocycles. The lowest BCUT2D eigenvalue weighted by Gasteiger charge is -2.08. The molecule has 0 radical (unpaired) electrons. The number of rotatable bonds is 4. The van der Waals surface area contributed by atoms with Crippen LogP contribution >= 0.6 is 9.47 Å². The van der Waals surface area contributed by atoms with E-state index in [1.54, 1.807) is 0 Å². The quantitative estimate of drug-likeness (QED) is 0.502. The molecular weight excluding hydrogens is 163 g/mol. The van der Waals surface area contributed by atoms with Crippen LogP contribution < -0.4 is 5.32 Å². The van der Waals surface area contributed by atoms with Gasteiger partial charge in [-0.3, -0.25) is 0 Å². The Kier molecular flexibility index (Phi) is 6.18. The average molecular weight is 178 g/mol. The first-order valence-electron chi connectivity index (χ1n) is 3.46. The molecule has 0 aliphatic rings. The highest BCUT2D eigenvalue weighted by Gasteiger charge is 1.96. The van der Waals surface area contributed by atoms with Crippen molar-refractivity contribution in [3.8, 4) is 0 Å². The minimum Gasteiger partial charge on any atom is -0.435 e. The maximum Gasteiger partial charge on any atom is 0.409 e. The zero-order chi connectivity index (χ0) is 8.69. The molecule has 5 heteroatoms. The van der Waals surface area contributed by atoms with Crippen molar-refractivity contribution in [3.63, 3.8) is 0 Å². The van der Waals surface area contributed by atoms with E-state index in [1.807, 2.05) is 23.6 Å². The van der Waals surface area contributed by atoms with Crippen molar-refractivity contribution in [2.24, 2.45) is 0 Å². The van der Waals surface area contributed by atoms with Gasteiger partial charge in [-0.2, -0.15) is 0 Å². The lowest BCUT2D eigenvalue weighted by atomic mass is 10.4. The molecular formula is C6H15N2O2P. The fourth-order valence-electron chi connectivity index (χ4n) is 0.627. The number of hydrogen-bond donors (Lipinski definition) is 1. The van der Waals surface area contributed by atoms with Crippen LogP contribution in [0.4, 0.5) is 4.79 Å². The lowest BCUT2D eigenvalue weighted by Crippen LogP contribution is -2.25. The van der Waals surface area contributed by atoms with E-state index in [9.17, 15) is 4.79 Å². The van der Waals surface area contributed by atoms with Crippen molar-refractivity contribution in [1.82, 2.24) is 10.2 Å². The predicted octanol–water partition coefficient (Wildman–Crippen LogP) is 0.454. The maximum absolute atomic E-state index is 10.5. The summed E-state index contributed by atoms with van der Waals surface area (Å²) in [5, 5.41) is 2.58. The molecule has 0 spiro atoms. The summed E-state index contributed by atoms with van der Waals surface area (Å²) >= 11 is 0. The fourth-order valence-corrected chi connectivity index (χ4v) is 0.711. The van der Waals surface area contributed by atoms with Gasteiger partial charge in [-0.1, -0.05) is 0 Å². The summed E-state index contributed by atoms with van der Waals surface area (Å²) in [7, 11) is 5.89. The molecule has 0 bridgehead atoms. The molecule has 1 amide bonds. The molecule has 0 aliphatic carbocycles. The normalized spacial score (nSPS) is 9.82. The topological polar surface area (TPSA) is 41.6 Å². The van der Waals surface area contributed by atoms with Crippen molar-refractivity contribution in [1.29, 1.82) is 0 Å². The van der Waals surface area contributed by atoms with Crippen molar-refractivity contribution in [2.75, 3.05) is 27.2 Å². The van der Waals surface area contributed by atoms with E-state index in [4.69, 9.17) is 0 Å². The van der Waals surface area contributed by atoms with E-state index >= 15 is 0 Å². The van der Waals surface area contributed by atoms with Crippen LogP contribution in [0, 0.1) is 0 Å². The number of hydrogen-bond acceptors (Lipinski definition) is 3. The van der Waals surface area contributed by atoms with Crippen LogP contribution in [0.1, 0.15) is 6.42 Å². The van der Waals surface area contributed by atoms with Gasteiger partial charge < -0.3 is 14.7 Å². The van der Waals surface area contributed by atoms with Crippen LogP contribution in [0.2, 0.25) is 0 Å². The fraction of sp³-hybridized carbons (Fsp3) is 0.833. The van der Waals surface area contributed by atoms with Gasteiger partial charge in [0.15, 0.2) is 0 Å². The highest BCUT2D eigenvalue weighted by atomic mass is 31.0. The zero-order valence-electron chi connectivity index (χ0n) is 6.96. The first-order chi connectivity index (χ1) is 5.16. The van der Waals surface area contributed by atoms with Gasteiger partial charge in [-0.05, 0) is 27.1 Å². The third kappa shape index (κ3) is 7.56. The third-order valence-corrected chi connectivity index (χ3v) is 1.37. The van der Waals surface area contributed by atoms with Gasteiger partial charge in [0.25, 0.3) is 0 Å². The number of amides is 1. The van der Waals surface area contributed by atoms with Crippen LogP contribution in [0.5, 0.6) is 0 Å². The molecule has 0 saturated heterocycles. The van der Waals surface area contributed by atoms with Crippen LogP contribution in [0.15, 0.2) is 0 Å². The van der Waals surface area contributed by atoms with Crippen molar-refractivity contribution in [3.05, 3.63) is 0 Å². The molecule has 4 nitrogen and oxygen atoms in total. The second-order valence-electron chi connectivity index (χ2n) is 2.49. The Morgan fingerprint density at radius 1 is 1.64 bits per heavy atom. The van der Waals surface area contributed by atoms with E-state index in [-0.39, 0.29) is 0 Å². The Balaban J connectivity index is 3.08. The predicted molar refractivity (Wildman–Crippen MR) is 47.4 cm³/mol. The van der Waals surface area contributed by atoms with Gasteiger partial charge in [0.05, 0.1) is 9.47 Å². The smallest absolute Gasteiger partial charge is 0.409 e. The highest BCUT2D eigenvalue weighted by Crippen LogP contribution is 1.86. The van der Waals surface area contributed by atoms with Crippen molar-refractivity contribution in [2.45, 2.75) is 6.42 Å². The van der Waals surface area contributed by atoms with E-state index in [0.29, 0.717) is 6.54 Å². The molecule has 0 aromatic rings. The Morgan fingerprint density at radius 3 is 2.73 bits per heavy atom. The molecule has 11 heavy (non-hydrogen) atoms. The van der Waals surface area contributed by atoms with E-state index in [2.05, 4.69) is 14.7 Å². The SMILES string of the molecule is CN(C)CCCNC(=O)OP. The Bertz CT molecular complexity index is 119. The van der Waals surface area contributed by atoms with E-state index in [1.165, 1.54) is 0 Å². The molecule has 1 unspecified atom stereocenters. The summed E-state index contributed by atoms with van der Waals surface area (Å²) in [6.07, 6.45) is 0.543. The van der Waals surface area contributed by atoms with Gasteiger partial charge in [0, 0.05) is 6.54 Å². The monoisotopic (exact) mass is 178 g/mol. The van der Waals surface area contributed by atoms with Crippen molar-refractivity contribution >= 4 is 15.6 Å². The molecule has 0 aromatic carbocycles. The third-order valence-electron chi connectivity index (χ3n) is 1.16. The van der Waals surface area contributed by atoms with Gasteiger partial charge in [-0.15, -0.1) is 0 Å². The van der Waals surface area contributed by atoms with Gasteiger partial charge in [0.2, 0.25) is 0 Å². The zero-order valence-corrected chi connectivity index (χ0v) is 8.12. The minimum atomic E-state index is -0.395. The molecule has 1 N–H and O–H groups in total. The molecule has 0 aromatic heterocycles. The number of carbonyl (C=O) groups is 1. The van der Waals surface area contributed by atoms with Crippen molar-refractivity contribution < 1.29 is 9.32 Å². The summed E-state index contributed by atoms with van der Waals surface area (Å²) in [4.78, 5) is 12.6. The Hall–Kier alpha value is -0.340. The average Bonchev–Trinajstić information content (AvgIpc) is 1.97. The van der Waals surface area contributed by atoms with Gasteiger partial charge in [-0.25, -0.2) is 4.79 Å². The summed E-state index contributed by atoms with van der Waals surface area (Å²) in [5.41, 5.74) is 0. The first-order valence-corrected chi connectivity index (χ1v) is 3.93. The number of nitrogens with one attached hydrogen (secondary N) is 1. The largest absolute Gasteiger partial charge is 0.435 e. The summed E-state index contributed by atoms with van der Waals surface area (Å²) in [6.45, 7) is 1.63. The minimum absolute atomic E-state index is 0.395. The molecule has 0 aliphatic heterocycles. The van der Waals surface area contributed by atoms with E-state index in [0.717, 1.165) is 13.0 Å². The molecule has 0 fully saturated rings. The van der Waals surface area contributed by atoms with Crippen LogP contribution in [-0.2, 0) is 4.52 Å². The Morgan fingerprint density at radius 2 is 2.27 bits per heavy atom. The molecule has 66 valence electrons.